The lowest BCUT2D eigenvalue weighted by Crippen LogP contribution is -2.27. The van der Waals surface area contributed by atoms with E-state index in [1.165, 1.54) is 4.31 Å². The Morgan fingerprint density at radius 3 is 2.31 bits per heavy atom. The summed E-state index contributed by atoms with van der Waals surface area (Å²) in [6.07, 6.45) is 2.23. The molecule has 29 heavy (non-hydrogen) atoms. The summed E-state index contributed by atoms with van der Waals surface area (Å²) in [6, 6.07) is 11.3. The first-order valence-electron chi connectivity index (χ1n) is 9.11. The van der Waals surface area contributed by atoms with Crippen LogP contribution in [0.15, 0.2) is 42.5 Å². The second kappa shape index (κ2) is 8.03. The Balaban J connectivity index is 1.70. The Morgan fingerprint density at radius 1 is 1.03 bits per heavy atom. The third kappa shape index (κ3) is 5.07. The molecule has 1 amide bonds. The van der Waals surface area contributed by atoms with Gasteiger partial charge in [0, 0.05) is 23.5 Å². The topological polar surface area (TPSA) is 113 Å². The second-order valence-electron chi connectivity index (χ2n) is 6.88. The molecular weight excluding hydrogens is 414 g/mol. The molecule has 0 saturated carbocycles. The third-order valence-electron chi connectivity index (χ3n) is 4.48. The molecule has 0 bridgehead atoms. The Bertz CT molecular complexity index is 1130. The summed E-state index contributed by atoms with van der Waals surface area (Å²) < 4.78 is 51.0. The smallest absolute Gasteiger partial charge is 0.255 e. The normalized spacial score (nSPS) is 13.8. The number of carbonyl (C=O) groups excluding carboxylic acids is 1. The molecule has 0 saturated heterocycles. The predicted octanol–water partition coefficient (Wildman–Crippen LogP) is 2.41. The van der Waals surface area contributed by atoms with Crippen molar-refractivity contribution >= 4 is 43.0 Å². The van der Waals surface area contributed by atoms with E-state index in [9.17, 15) is 21.6 Å². The number of nitrogens with one attached hydrogen (secondary N) is 2. The van der Waals surface area contributed by atoms with Crippen LogP contribution >= 0.6 is 0 Å². The number of carbonyl (C=O) groups is 1. The summed E-state index contributed by atoms with van der Waals surface area (Å²) in [7, 11) is -6.70. The lowest BCUT2D eigenvalue weighted by Gasteiger charge is -2.16. The van der Waals surface area contributed by atoms with E-state index in [1.807, 2.05) is 0 Å². The third-order valence-corrected chi connectivity index (χ3v) is 7.16. The summed E-state index contributed by atoms with van der Waals surface area (Å²) >= 11 is 0. The summed E-state index contributed by atoms with van der Waals surface area (Å²) in [5, 5.41) is 2.76. The van der Waals surface area contributed by atoms with Gasteiger partial charge in [-0.25, -0.2) is 16.8 Å². The van der Waals surface area contributed by atoms with E-state index in [0.29, 0.717) is 42.0 Å². The molecule has 156 valence electrons. The highest BCUT2D eigenvalue weighted by Crippen LogP contribution is 2.31. The average molecular weight is 438 g/mol. The molecule has 1 aliphatic heterocycles. The standard InChI is InChI=1S/C19H23N3O5S2/c1-3-12-29(26,27)21-17-7-5-16(6-8-17)20-19(23)15-4-9-18-14(13-15)10-11-22(18)28(2,24)25/h4-9,13,21H,3,10-12H2,1-2H3,(H,20,23). The summed E-state index contributed by atoms with van der Waals surface area (Å²) in [4.78, 5) is 12.5. The van der Waals surface area contributed by atoms with Gasteiger partial charge in [-0.3, -0.25) is 13.8 Å². The molecule has 2 N–H and O–H groups in total. The van der Waals surface area contributed by atoms with Gasteiger partial charge in [0.05, 0.1) is 17.7 Å². The van der Waals surface area contributed by atoms with Gasteiger partial charge >= 0.3 is 0 Å². The molecule has 0 unspecified atom stereocenters. The van der Waals surface area contributed by atoms with Crippen LogP contribution in [0, 0.1) is 0 Å². The molecule has 0 fully saturated rings. The number of hydrogen-bond acceptors (Lipinski definition) is 5. The molecule has 10 heteroatoms. The predicted molar refractivity (Wildman–Crippen MR) is 114 cm³/mol. The lowest BCUT2D eigenvalue weighted by atomic mass is 10.1. The SMILES string of the molecule is CCCS(=O)(=O)Nc1ccc(NC(=O)c2ccc3c(c2)CCN3S(C)(=O)=O)cc1. The minimum atomic E-state index is -3.37. The maximum Gasteiger partial charge on any atom is 0.255 e. The van der Waals surface area contributed by atoms with Gasteiger partial charge in [0.1, 0.15) is 0 Å². The van der Waals surface area contributed by atoms with Crippen molar-refractivity contribution in [3.05, 3.63) is 53.6 Å². The van der Waals surface area contributed by atoms with E-state index in [2.05, 4.69) is 10.0 Å². The first kappa shape index (κ1) is 21.1. The van der Waals surface area contributed by atoms with Crippen molar-refractivity contribution in [1.29, 1.82) is 0 Å². The average Bonchev–Trinajstić information content (AvgIpc) is 3.06. The van der Waals surface area contributed by atoms with Crippen LogP contribution in [-0.4, -0.2) is 41.3 Å². The molecule has 3 rings (SSSR count). The fourth-order valence-electron chi connectivity index (χ4n) is 3.18. The van der Waals surface area contributed by atoms with Crippen molar-refractivity contribution < 1.29 is 21.6 Å². The molecule has 0 atom stereocenters. The van der Waals surface area contributed by atoms with E-state index < -0.39 is 20.0 Å². The highest BCUT2D eigenvalue weighted by molar-refractivity contribution is 7.92. The Kier molecular flexibility index (Phi) is 5.85. The first-order chi connectivity index (χ1) is 13.6. The van der Waals surface area contributed by atoms with Gasteiger partial charge in [-0.2, -0.15) is 0 Å². The number of amides is 1. The van der Waals surface area contributed by atoms with Crippen LogP contribution in [0.5, 0.6) is 0 Å². The van der Waals surface area contributed by atoms with Crippen molar-refractivity contribution in [2.75, 3.05) is 32.9 Å². The van der Waals surface area contributed by atoms with E-state index in [4.69, 9.17) is 0 Å². The maximum atomic E-state index is 12.5. The van der Waals surface area contributed by atoms with Gasteiger partial charge in [-0.1, -0.05) is 6.92 Å². The molecule has 0 aliphatic carbocycles. The zero-order valence-electron chi connectivity index (χ0n) is 16.2. The zero-order chi connectivity index (χ0) is 21.2. The van der Waals surface area contributed by atoms with Crippen molar-refractivity contribution in [2.24, 2.45) is 0 Å². The number of benzene rings is 2. The van der Waals surface area contributed by atoms with Gasteiger partial charge in [0.15, 0.2) is 0 Å². The summed E-state index contributed by atoms with van der Waals surface area (Å²) in [5.41, 5.74) is 2.78. The highest BCUT2D eigenvalue weighted by Gasteiger charge is 2.26. The monoisotopic (exact) mass is 437 g/mol. The van der Waals surface area contributed by atoms with Crippen LogP contribution in [0.1, 0.15) is 29.3 Å². The Hall–Kier alpha value is -2.59. The Morgan fingerprint density at radius 2 is 1.69 bits per heavy atom. The summed E-state index contributed by atoms with van der Waals surface area (Å²) in [6.45, 7) is 2.16. The number of nitrogens with zero attached hydrogens (tertiary/aromatic N) is 1. The Labute approximate surface area is 171 Å². The fourth-order valence-corrected chi connectivity index (χ4v) is 5.27. The van der Waals surface area contributed by atoms with Crippen molar-refractivity contribution in [2.45, 2.75) is 19.8 Å². The van der Waals surface area contributed by atoms with Crippen LogP contribution in [-0.2, 0) is 26.5 Å². The number of anilines is 3. The molecule has 1 heterocycles. The van der Waals surface area contributed by atoms with Gasteiger partial charge in [0.2, 0.25) is 20.0 Å². The first-order valence-corrected chi connectivity index (χ1v) is 12.6. The van der Waals surface area contributed by atoms with Crippen LogP contribution in [0.25, 0.3) is 0 Å². The van der Waals surface area contributed by atoms with Crippen LogP contribution in [0.3, 0.4) is 0 Å². The number of hydrogen-bond donors (Lipinski definition) is 2. The molecule has 2 aromatic rings. The molecule has 0 spiro atoms. The van der Waals surface area contributed by atoms with Crippen molar-refractivity contribution in [3.8, 4) is 0 Å². The van der Waals surface area contributed by atoms with Crippen molar-refractivity contribution in [1.82, 2.24) is 0 Å². The molecule has 0 aromatic heterocycles. The maximum absolute atomic E-state index is 12.5. The molecular formula is C19H23N3O5S2. The van der Waals surface area contributed by atoms with E-state index in [-0.39, 0.29) is 11.7 Å². The quantitative estimate of drug-likeness (QED) is 0.691. The number of rotatable bonds is 7. The minimum Gasteiger partial charge on any atom is -0.322 e. The van der Waals surface area contributed by atoms with Gasteiger partial charge < -0.3 is 5.32 Å². The van der Waals surface area contributed by atoms with Gasteiger partial charge in [0.25, 0.3) is 5.91 Å². The minimum absolute atomic E-state index is 0.0422. The van der Waals surface area contributed by atoms with E-state index in [1.54, 1.807) is 49.4 Å². The highest BCUT2D eigenvalue weighted by atomic mass is 32.2. The molecule has 0 radical (unpaired) electrons. The summed E-state index contributed by atoms with van der Waals surface area (Å²) in [5.74, 6) is -0.287. The molecule has 1 aliphatic rings. The fraction of sp³-hybridized carbons (Fsp3) is 0.316. The van der Waals surface area contributed by atoms with Crippen molar-refractivity contribution in [3.63, 3.8) is 0 Å². The zero-order valence-corrected chi connectivity index (χ0v) is 17.8. The second-order valence-corrected chi connectivity index (χ2v) is 10.6. The van der Waals surface area contributed by atoms with Crippen LogP contribution in [0.4, 0.5) is 17.1 Å². The van der Waals surface area contributed by atoms with Gasteiger partial charge in [-0.05, 0) is 60.9 Å². The number of sulfonamides is 2. The molecule has 8 nitrogen and oxygen atoms in total. The van der Waals surface area contributed by atoms with E-state index in [0.717, 1.165) is 11.8 Å². The van der Waals surface area contributed by atoms with E-state index >= 15 is 0 Å². The van der Waals surface area contributed by atoms with Crippen LogP contribution in [0.2, 0.25) is 0 Å². The van der Waals surface area contributed by atoms with Crippen LogP contribution < -0.4 is 14.3 Å². The number of fused-ring (bicyclic) bond motifs is 1. The lowest BCUT2D eigenvalue weighted by molar-refractivity contribution is 0.102. The van der Waals surface area contributed by atoms with Gasteiger partial charge in [-0.15, -0.1) is 0 Å². The largest absolute Gasteiger partial charge is 0.322 e. The molecule has 2 aromatic carbocycles.